The second-order valence-electron chi connectivity index (χ2n) is 8.20. The van der Waals surface area contributed by atoms with E-state index < -0.39 is 17.9 Å². The van der Waals surface area contributed by atoms with E-state index in [1.54, 1.807) is 4.90 Å². The number of aliphatic carboxylic acids is 1. The maximum Gasteiger partial charge on any atom is 0.308 e. The van der Waals surface area contributed by atoms with Gasteiger partial charge in [-0.1, -0.05) is 44.2 Å². The first kappa shape index (κ1) is 19.4. The lowest BCUT2D eigenvalue weighted by Gasteiger charge is -2.25. The normalized spacial score (nSPS) is 23.3. The van der Waals surface area contributed by atoms with Crippen molar-refractivity contribution in [3.8, 4) is 0 Å². The lowest BCUT2D eigenvalue weighted by atomic mass is 9.92. The van der Waals surface area contributed by atoms with Gasteiger partial charge in [0.15, 0.2) is 0 Å². The molecule has 0 radical (unpaired) electrons. The maximum absolute atomic E-state index is 13.2. The van der Waals surface area contributed by atoms with Gasteiger partial charge in [0, 0.05) is 19.5 Å². The molecule has 146 valence electrons. The fraction of sp³-hybridized carbons (Fsp3) is 0.571. The molecule has 2 aliphatic rings. The van der Waals surface area contributed by atoms with Crippen molar-refractivity contribution in [2.24, 2.45) is 23.7 Å². The van der Waals surface area contributed by atoms with E-state index in [0.29, 0.717) is 18.9 Å². The van der Waals surface area contributed by atoms with E-state index in [0.717, 1.165) is 18.4 Å². The first-order valence-electron chi connectivity index (χ1n) is 9.72. The van der Waals surface area contributed by atoms with Crippen LogP contribution in [0, 0.1) is 23.7 Å². The summed E-state index contributed by atoms with van der Waals surface area (Å²) in [5.74, 6) is -1.10. The molecular weight excluding hydrogens is 344 g/mol. The van der Waals surface area contributed by atoms with Gasteiger partial charge in [0.2, 0.25) is 11.8 Å². The molecule has 1 aliphatic heterocycles. The summed E-state index contributed by atoms with van der Waals surface area (Å²) >= 11 is 0. The molecule has 2 fully saturated rings. The first-order valence-corrected chi connectivity index (χ1v) is 9.72. The Hall–Kier alpha value is -2.37. The van der Waals surface area contributed by atoms with Gasteiger partial charge in [0.25, 0.3) is 0 Å². The summed E-state index contributed by atoms with van der Waals surface area (Å²) in [6, 6.07) is 8.40. The molecule has 2 amide bonds. The number of carboxylic acid groups (broad SMARTS) is 1. The van der Waals surface area contributed by atoms with Crippen LogP contribution in [0.4, 0.5) is 0 Å². The van der Waals surface area contributed by atoms with Crippen molar-refractivity contribution in [1.29, 1.82) is 0 Å². The smallest absolute Gasteiger partial charge is 0.308 e. The molecule has 1 aromatic rings. The largest absolute Gasteiger partial charge is 0.481 e. The number of hydrogen-bond donors (Lipinski definition) is 2. The lowest BCUT2D eigenvalue weighted by Crippen LogP contribution is -2.42. The van der Waals surface area contributed by atoms with E-state index in [1.807, 2.05) is 44.2 Å². The van der Waals surface area contributed by atoms with Gasteiger partial charge in [-0.05, 0) is 36.2 Å². The molecule has 3 rings (SSSR count). The second kappa shape index (κ2) is 8.11. The fourth-order valence-corrected chi connectivity index (χ4v) is 3.98. The molecule has 1 heterocycles. The van der Waals surface area contributed by atoms with E-state index in [2.05, 4.69) is 5.32 Å². The lowest BCUT2D eigenvalue weighted by molar-refractivity contribution is -0.143. The number of amides is 2. The highest BCUT2D eigenvalue weighted by atomic mass is 16.4. The predicted octanol–water partition coefficient (Wildman–Crippen LogP) is 2.46. The Balaban J connectivity index is 1.78. The van der Waals surface area contributed by atoms with Crippen molar-refractivity contribution in [1.82, 2.24) is 10.2 Å². The van der Waals surface area contributed by atoms with E-state index in [-0.39, 0.29) is 30.2 Å². The second-order valence-corrected chi connectivity index (χ2v) is 8.20. The van der Waals surface area contributed by atoms with Crippen LogP contribution in [0.1, 0.15) is 44.7 Å². The van der Waals surface area contributed by atoms with Gasteiger partial charge in [-0.3, -0.25) is 14.4 Å². The van der Waals surface area contributed by atoms with Crippen LogP contribution in [0.5, 0.6) is 0 Å². The number of carbonyl (C=O) groups is 3. The van der Waals surface area contributed by atoms with E-state index in [4.69, 9.17) is 0 Å². The molecule has 1 aliphatic carbocycles. The zero-order valence-corrected chi connectivity index (χ0v) is 15.9. The fourth-order valence-electron chi connectivity index (χ4n) is 3.98. The Morgan fingerprint density at radius 2 is 1.81 bits per heavy atom. The Morgan fingerprint density at radius 1 is 1.15 bits per heavy atom. The number of nitrogens with one attached hydrogen (secondary N) is 1. The highest BCUT2D eigenvalue weighted by Crippen LogP contribution is 2.44. The van der Waals surface area contributed by atoms with Crippen LogP contribution in [0.15, 0.2) is 30.3 Å². The van der Waals surface area contributed by atoms with Crippen molar-refractivity contribution in [3.63, 3.8) is 0 Å². The van der Waals surface area contributed by atoms with Crippen molar-refractivity contribution >= 4 is 17.8 Å². The minimum Gasteiger partial charge on any atom is -0.481 e. The van der Waals surface area contributed by atoms with E-state index in [9.17, 15) is 19.5 Å². The third-order valence-corrected chi connectivity index (χ3v) is 5.50. The predicted molar refractivity (Wildman–Crippen MR) is 101 cm³/mol. The number of benzene rings is 1. The topological polar surface area (TPSA) is 86.7 Å². The third-order valence-electron chi connectivity index (χ3n) is 5.50. The molecule has 3 atom stereocenters. The Morgan fingerprint density at radius 3 is 2.37 bits per heavy atom. The Labute approximate surface area is 159 Å². The summed E-state index contributed by atoms with van der Waals surface area (Å²) < 4.78 is 0. The average molecular weight is 372 g/mol. The molecule has 6 nitrogen and oxygen atoms in total. The summed E-state index contributed by atoms with van der Waals surface area (Å²) in [4.78, 5) is 38.9. The van der Waals surface area contributed by atoms with Gasteiger partial charge in [0.05, 0.1) is 5.92 Å². The Bertz CT molecular complexity index is 699. The van der Waals surface area contributed by atoms with Crippen molar-refractivity contribution < 1.29 is 19.5 Å². The summed E-state index contributed by atoms with van der Waals surface area (Å²) in [5.41, 5.74) is 0.723. The average Bonchev–Trinajstić information content (AvgIpc) is 3.37. The minimum absolute atomic E-state index is 0.0224. The van der Waals surface area contributed by atoms with E-state index in [1.165, 1.54) is 0 Å². The molecule has 1 unspecified atom stereocenters. The number of carbonyl (C=O) groups excluding carboxylic acids is 2. The monoisotopic (exact) mass is 372 g/mol. The van der Waals surface area contributed by atoms with Crippen LogP contribution in [-0.4, -0.2) is 40.9 Å². The van der Waals surface area contributed by atoms with Gasteiger partial charge in [-0.2, -0.15) is 0 Å². The first-order chi connectivity index (χ1) is 12.9. The van der Waals surface area contributed by atoms with Crippen LogP contribution in [0.25, 0.3) is 0 Å². The number of rotatable bonds is 7. The van der Waals surface area contributed by atoms with Crippen LogP contribution >= 0.6 is 0 Å². The van der Waals surface area contributed by atoms with Crippen LogP contribution in [0.2, 0.25) is 0 Å². The zero-order chi connectivity index (χ0) is 19.6. The van der Waals surface area contributed by atoms with Gasteiger partial charge in [-0.15, -0.1) is 0 Å². The summed E-state index contributed by atoms with van der Waals surface area (Å²) in [7, 11) is 0. The van der Waals surface area contributed by atoms with Crippen LogP contribution in [-0.2, 0) is 14.4 Å². The molecule has 6 heteroatoms. The van der Waals surface area contributed by atoms with Crippen molar-refractivity contribution in [2.75, 3.05) is 13.1 Å². The number of likely N-dealkylation sites (tertiary alicyclic amines) is 1. The third kappa shape index (κ3) is 4.67. The number of carboxylic acids is 1. The van der Waals surface area contributed by atoms with Crippen molar-refractivity contribution in [3.05, 3.63) is 35.9 Å². The van der Waals surface area contributed by atoms with Gasteiger partial charge in [0.1, 0.15) is 6.04 Å². The molecule has 1 saturated heterocycles. The molecule has 0 spiro atoms. The molecule has 27 heavy (non-hydrogen) atoms. The summed E-state index contributed by atoms with van der Waals surface area (Å²) in [5, 5.41) is 12.4. The summed E-state index contributed by atoms with van der Waals surface area (Å²) in [6.45, 7) is 4.59. The van der Waals surface area contributed by atoms with Crippen LogP contribution < -0.4 is 5.32 Å². The highest BCUT2D eigenvalue weighted by molar-refractivity contribution is 5.89. The maximum atomic E-state index is 13.2. The number of nitrogens with zero attached hydrogens (tertiary/aromatic N) is 1. The molecule has 2 N–H and O–H groups in total. The van der Waals surface area contributed by atoms with Crippen molar-refractivity contribution in [2.45, 2.75) is 39.2 Å². The quantitative estimate of drug-likeness (QED) is 0.770. The number of hydrogen-bond acceptors (Lipinski definition) is 3. The SMILES string of the molecule is CC(C)CC(=O)NC(C(=O)N1C[C@H](C(=O)O)[C@@H](C2CC2)C1)c1ccccc1. The molecular formula is C21H28N2O4. The zero-order valence-electron chi connectivity index (χ0n) is 15.9. The molecule has 0 aromatic heterocycles. The Kier molecular flexibility index (Phi) is 5.82. The van der Waals surface area contributed by atoms with Gasteiger partial charge >= 0.3 is 5.97 Å². The van der Waals surface area contributed by atoms with E-state index >= 15 is 0 Å². The minimum atomic E-state index is -0.831. The highest BCUT2D eigenvalue weighted by Gasteiger charge is 2.47. The van der Waals surface area contributed by atoms with Gasteiger partial charge in [-0.25, -0.2) is 0 Å². The van der Waals surface area contributed by atoms with Crippen LogP contribution in [0.3, 0.4) is 0 Å². The summed E-state index contributed by atoms with van der Waals surface area (Å²) in [6.07, 6.45) is 2.44. The van der Waals surface area contributed by atoms with Gasteiger partial charge < -0.3 is 15.3 Å². The molecule has 1 saturated carbocycles. The molecule has 1 aromatic carbocycles. The molecule has 0 bridgehead atoms. The standard InChI is InChI=1S/C21H28N2O4/c1-13(2)10-18(24)22-19(15-6-4-3-5-7-15)20(25)23-11-16(14-8-9-14)17(12-23)21(26)27/h3-7,13-14,16-17,19H,8-12H2,1-2H3,(H,22,24)(H,26,27)/t16-,17+,19?/m1/s1.